The number of para-hydroxylation sites is 1. The number of rotatable bonds is 6. The maximum atomic E-state index is 6.00. The van der Waals surface area contributed by atoms with Crippen molar-refractivity contribution in [2.75, 3.05) is 44.4 Å². The smallest absolute Gasteiger partial charge is 0.198 e. The third-order valence-corrected chi connectivity index (χ3v) is 6.46. The van der Waals surface area contributed by atoms with E-state index in [1.807, 2.05) is 0 Å². The van der Waals surface area contributed by atoms with Crippen molar-refractivity contribution in [3.8, 4) is 0 Å². The highest BCUT2D eigenvalue weighted by Crippen LogP contribution is 2.50. The van der Waals surface area contributed by atoms with Crippen LogP contribution in [0.3, 0.4) is 0 Å². The summed E-state index contributed by atoms with van der Waals surface area (Å²) in [6, 6.07) is 8.96. The van der Waals surface area contributed by atoms with Crippen LogP contribution in [0.1, 0.15) is 57.4 Å². The molecule has 5 nitrogen and oxygen atoms in total. The van der Waals surface area contributed by atoms with Gasteiger partial charge in [-0.1, -0.05) is 31.0 Å². The lowest BCUT2D eigenvalue weighted by atomic mass is 9.81. The van der Waals surface area contributed by atoms with E-state index in [2.05, 4.69) is 41.4 Å². The van der Waals surface area contributed by atoms with E-state index in [0.29, 0.717) is 11.5 Å². The zero-order chi connectivity index (χ0) is 19.2. The first-order valence-electron chi connectivity index (χ1n) is 11.2. The van der Waals surface area contributed by atoms with Crippen LogP contribution in [0.15, 0.2) is 29.3 Å². The fourth-order valence-corrected chi connectivity index (χ4v) is 5.04. The maximum absolute atomic E-state index is 6.00. The first kappa shape index (κ1) is 19.7. The summed E-state index contributed by atoms with van der Waals surface area (Å²) in [5.74, 6) is 1.03. The van der Waals surface area contributed by atoms with Gasteiger partial charge < -0.3 is 19.7 Å². The topological polar surface area (TPSA) is 46.1 Å². The van der Waals surface area contributed by atoms with Gasteiger partial charge >= 0.3 is 0 Å². The Labute approximate surface area is 169 Å². The minimum atomic E-state index is 0.332. The number of ether oxygens (including phenoxy) is 2. The van der Waals surface area contributed by atoms with E-state index < -0.39 is 0 Å². The third kappa shape index (κ3) is 4.20. The van der Waals surface area contributed by atoms with Crippen molar-refractivity contribution in [3.63, 3.8) is 0 Å². The van der Waals surface area contributed by atoms with Crippen LogP contribution in [0.4, 0.5) is 5.69 Å². The number of nitrogens with zero attached hydrogens (tertiary/aromatic N) is 2. The Morgan fingerprint density at radius 2 is 2.04 bits per heavy atom. The van der Waals surface area contributed by atoms with Crippen molar-refractivity contribution in [2.45, 2.75) is 63.4 Å². The molecule has 0 unspecified atom stereocenters. The molecule has 1 saturated heterocycles. The minimum Gasteiger partial charge on any atom is -0.381 e. The van der Waals surface area contributed by atoms with Gasteiger partial charge in [0.1, 0.15) is 0 Å². The number of anilines is 1. The van der Waals surface area contributed by atoms with Crippen molar-refractivity contribution in [1.29, 1.82) is 0 Å². The quantitative estimate of drug-likeness (QED) is 0.459. The Morgan fingerprint density at radius 1 is 1.25 bits per heavy atom. The molecule has 28 heavy (non-hydrogen) atoms. The average molecular weight is 386 g/mol. The molecule has 5 heteroatoms. The molecule has 0 bridgehead atoms. The highest BCUT2D eigenvalue weighted by molar-refractivity contribution is 5.98. The van der Waals surface area contributed by atoms with E-state index in [-0.39, 0.29) is 0 Å². The normalized spacial score (nSPS) is 22.0. The lowest BCUT2D eigenvalue weighted by Gasteiger charge is -2.27. The summed E-state index contributed by atoms with van der Waals surface area (Å²) < 4.78 is 11.4. The maximum Gasteiger partial charge on any atom is 0.198 e. The summed E-state index contributed by atoms with van der Waals surface area (Å²) >= 11 is 0. The van der Waals surface area contributed by atoms with Crippen LogP contribution in [0.2, 0.25) is 0 Å². The number of hydrogen-bond donors (Lipinski definition) is 1. The molecule has 1 aromatic rings. The monoisotopic (exact) mass is 385 g/mol. The third-order valence-electron chi connectivity index (χ3n) is 6.46. The van der Waals surface area contributed by atoms with Crippen LogP contribution < -0.4 is 10.2 Å². The van der Waals surface area contributed by atoms with Gasteiger partial charge in [0.05, 0.1) is 6.10 Å². The standard InChI is InChI=1S/C23H35N3O2/c1-2-24-22(25-14-7-15-28-19-10-16-27-17-11-19)26-18-23(12-5-6-13-23)20-8-3-4-9-21(20)26/h3-4,8-9,19H,2,5-7,10-18H2,1H3,(H,24,25). The molecule has 154 valence electrons. The number of fused-ring (bicyclic) bond motifs is 2. The highest BCUT2D eigenvalue weighted by atomic mass is 16.5. The van der Waals surface area contributed by atoms with Gasteiger partial charge in [0.15, 0.2) is 5.96 Å². The van der Waals surface area contributed by atoms with Crippen molar-refractivity contribution in [1.82, 2.24) is 5.32 Å². The lowest BCUT2D eigenvalue weighted by Crippen LogP contribution is -2.43. The van der Waals surface area contributed by atoms with Crippen LogP contribution in [0.5, 0.6) is 0 Å². The number of hydrogen-bond acceptors (Lipinski definition) is 3. The summed E-state index contributed by atoms with van der Waals surface area (Å²) in [6.07, 6.45) is 8.69. The average Bonchev–Trinajstić information content (AvgIpc) is 3.34. The van der Waals surface area contributed by atoms with Crippen molar-refractivity contribution < 1.29 is 9.47 Å². The predicted molar refractivity (Wildman–Crippen MR) is 114 cm³/mol. The van der Waals surface area contributed by atoms with Gasteiger partial charge in [-0.25, -0.2) is 0 Å². The summed E-state index contributed by atoms with van der Waals surface area (Å²) in [4.78, 5) is 7.39. The van der Waals surface area contributed by atoms with Crippen LogP contribution in [-0.2, 0) is 14.9 Å². The Morgan fingerprint density at radius 3 is 2.82 bits per heavy atom. The predicted octanol–water partition coefficient (Wildman–Crippen LogP) is 3.87. The molecule has 0 atom stereocenters. The molecule has 4 rings (SSSR count). The molecular formula is C23H35N3O2. The summed E-state index contributed by atoms with van der Waals surface area (Å²) in [7, 11) is 0. The summed E-state index contributed by atoms with van der Waals surface area (Å²) in [5.41, 5.74) is 3.21. The van der Waals surface area contributed by atoms with Crippen LogP contribution >= 0.6 is 0 Å². The Balaban J connectivity index is 1.39. The first-order chi connectivity index (χ1) is 13.8. The summed E-state index contributed by atoms with van der Waals surface area (Å²) in [5, 5.41) is 3.53. The van der Waals surface area contributed by atoms with E-state index in [0.717, 1.165) is 64.7 Å². The van der Waals surface area contributed by atoms with Gasteiger partial charge in [-0.3, -0.25) is 4.99 Å². The van der Waals surface area contributed by atoms with E-state index in [9.17, 15) is 0 Å². The SMILES string of the molecule is CCNC(=NCCCOC1CCOCC1)N1CC2(CCCC2)c2ccccc21. The molecule has 3 aliphatic rings. The van der Waals surface area contributed by atoms with Crippen LogP contribution in [0, 0.1) is 0 Å². The molecule has 2 fully saturated rings. The highest BCUT2D eigenvalue weighted by Gasteiger charge is 2.45. The van der Waals surface area contributed by atoms with Crippen molar-refractivity contribution in [2.24, 2.45) is 4.99 Å². The molecule has 1 spiro atoms. The fraction of sp³-hybridized carbons (Fsp3) is 0.696. The summed E-state index contributed by atoms with van der Waals surface area (Å²) in [6.45, 7) is 7.37. The lowest BCUT2D eigenvalue weighted by molar-refractivity contribution is -0.0318. The number of benzene rings is 1. The molecule has 2 aliphatic heterocycles. The Bertz CT molecular complexity index is 664. The minimum absolute atomic E-state index is 0.332. The molecule has 0 amide bonds. The number of nitrogens with one attached hydrogen (secondary N) is 1. The molecule has 1 saturated carbocycles. The van der Waals surface area contributed by atoms with Crippen LogP contribution in [0.25, 0.3) is 0 Å². The number of guanidine groups is 1. The molecule has 1 aliphatic carbocycles. The molecule has 2 heterocycles. The molecule has 1 N–H and O–H groups in total. The molecular weight excluding hydrogens is 350 g/mol. The van der Waals surface area contributed by atoms with E-state index >= 15 is 0 Å². The second kappa shape index (κ2) is 9.27. The van der Waals surface area contributed by atoms with Gasteiger partial charge in [-0.2, -0.15) is 0 Å². The number of aliphatic imine (C=N–C) groups is 1. The molecule has 0 aromatic heterocycles. The second-order valence-electron chi connectivity index (χ2n) is 8.36. The van der Waals surface area contributed by atoms with E-state index in [1.165, 1.54) is 36.9 Å². The largest absolute Gasteiger partial charge is 0.381 e. The van der Waals surface area contributed by atoms with Crippen molar-refractivity contribution >= 4 is 11.6 Å². The van der Waals surface area contributed by atoms with Gasteiger partial charge in [0.25, 0.3) is 0 Å². The van der Waals surface area contributed by atoms with Gasteiger partial charge in [0.2, 0.25) is 0 Å². The zero-order valence-electron chi connectivity index (χ0n) is 17.3. The second-order valence-corrected chi connectivity index (χ2v) is 8.36. The van der Waals surface area contributed by atoms with Crippen LogP contribution in [-0.4, -0.2) is 51.5 Å². The van der Waals surface area contributed by atoms with Gasteiger partial charge in [-0.05, 0) is 50.7 Å². The van der Waals surface area contributed by atoms with Gasteiger partial charge in [-0.15, -0.1) is 0 Å². The Hall–Kier alpha value is -1.59. The zero-order valence-corrected chi connectivity index (χ0v) is 17.3. The molecule has 1 aromatic carbocycles. The van der Waals surface area contributed by atoms with Gasteiger partial charge in [0, 0.05) is 50.6 Å². The Kier molecular flexibility index (Phi) is 6.53. The van der Waals surface area contributed by atoms with E-state index in [4.69, 9.17) is 14.5 Å². The first-order valence-corrected chi connectivity index (χ1v) is 11.2. The fourth-order valence-electron chi connectivity index (χ4n) is 5.04. The van der Waals surface area contributed by atoms with Crippen molar-refractivity contribution in [3.05, 3.63) is 29.8 Å². The van der Waals surface area contributed by atoms with E-state index in [1.54, 1.807) is 0 Å². The molecule has 0 radical (unpaired) electrons.